The Kier molecular flexibility index (Phi) is 7.67. The molecule has 2 unspecified atom stereocenters. The monoisotopic (exact) mass is 312 g/mol. The molecule has 0 heterocycles. The lowest BCUT2D eigenvalue weighted by Gasteiger charge is -2.44. The Bertz CT molecular complexity index is 410. The first-order chi connectivity index (χ1) is 9.96. The standard InChI is InChI=1S/C17H29ClN2O/c1-5-14(2)20(10-11-21-4)17(3,13-19)12-15-6-8-16(18)9-7-15/h6-9,14H,5,10-13,19H2,1-4H3. The second kappa shape index (κ2) is 8.74. The smallest absolute Gasteiger partial charge is 0.0590 e. The summed E-state index contributed by atoms with van der Waals surface area (Å²) < 4.78 is 5.27. The van der Waals surface area contributed by atoms with Crippen molar-refractivity contribution in [2.75, 3.05) is 26.8 Å². The van der Waals surface area contributed by atoms with Crippen molar-refractivity contribution in [3.8, 4) is 0 Å². The molecule has 2 N–H and O–H groups in total. The molecule has 2 atom stereocenters. The van der Waals surface area contributed by atoms with Gasteiger partial charge in [0.1, 0.15) is 0 Å². The van der Waals surface area contributed by atoms with Crippen LogP contribution in [0, 0.1) is 0 Å². The van der Waals surface area contributed by atoms with Crippen LogP contribution in [0.2, 0.25) is 5.02 Å². The molecule has 0 radical (unpaired) electrons. The highest BCUT2D eigenvalue weighted by Crippen LogP contribution is 2.24. The van der Waals surface area contributed by atoms with E-state index in [-0.39, 0.29) is 5.54 Å². The average Bonchev–Trinajstić information content (AvgIpc) is 2.49. The topological polar surface area (TPSA) is 38.5 Å². The molecule has 4 heteroatoms. The molecule has 0 aliphatic rings. The van der Waals surface area contributed by atoms with Crippen LogP contribution in [-0.4, -0.2) is 43.3 Å². The molecular formula is C17H29ClN2O. The minimum atomic E-state index is -0.0816. The first kappa shape index (κ1) is 18.4. The fourth-order valence-electron chi connectivity index (χ4n) is 2.77. The highest BCUT2D eigenvalue weighted by molar-refractivity contribution is 6.30. The van der Waals surface area contributed by atoms with Crippen molar-refractivity contribution in [3.05, 3.63) is 34.9 Å². The third-order valence-electron chi connectivity index (χ3n) is 4.29. The molecular weight excluding hydrogens is 284 g/mol. The molecule has 0 amide bonds. The molecule has 0 spiro atoms. The molecule has 0 saturated carbocycles. The van der Waals surface area contributed by atoms with Crippen LogP contribution in [0.4, 0.5) is 0 Å². The maximum absolute atomic E-state index is 6.14. The maximum Gasteiger partial charge on any atom is 0.0590 e. The van der Waals surface area contributed by atoms with Gasteiger partial charge in [0.05, 0.1) is 6.61 Å². The van der Waals surface area contributed by atoms with Crippen LogP contribution in [0.3, 0.4) is 0 Å². The van der Waals surface area contributed by atoms with E-state index in [9.17, 15) is 0 Å². The van der Waals surface area contributed by atoms with E-state index in [0.717, 1.165) is 31.0 Å². The van der Waals surface area contributed by atoms with E-state index < -0.39 is 0 Å². The van der Waals surface area contributed by atoms with Crippen LogP contribution in [0.5, 0.6) is 0 Å². The minimum Gasteiger partial charge on any atom is -0.383 e. The van der Waals surface area contributed by atoms with Crippen molar-refractivity contribution >= 4 is 11.6 Å². The third kappa shape index (κ3) is 5.26. The van der Waals surface area contributed by atoms with E-state index in [4.69, 9.17) is 22.1 Å². The molecule has 0 bridgehead atoms. The first-order valence-electron chi connectivity index (χ1n) is 7.67. The fourth-order valence-corrected chi connectivity index (χ4v) is 2.89. The Morgan fingerprint density at radius 2 is 1.95 bits per heavy atom. The summed E-state index contributed by atoms with van der Waals surface area (Å²) in [4.78, 5) is 2.48. The number of hydrogen-bond donors (Lipinski definition) is 1. The number of nitrogens with two attached hydrogens (primary N) is 1. The number of benzene rings is 1. The Morgan fingerprint density at radius 1 is 1.33 bits per heavy atom. The number of hydrogen-bond acceptors (Lipinski definition) is 3. The van der Waals surface area contributed by atoms with Crippen LogP contribution >= 0.6 is 11.6 Å². The Balaban J connectivity index is 2.93. The lowest BCUT2D eigenvalue weighted by molar-refractivity contribution is 0.0376. The molecule has 0 aromatic heterocycles. The van der Waals surface area contributed by atoms with Gasteiger partial charge in [-0.2, -0.15) is 0 Å². The molecule has 1 aromatic rings. The Labute approximate surface area is 134 Å². The third-order valence-corrected chi connectivity index (χ3v) is 4.54. The van der Waals surface area contributed by atoms with Crippen molar-refractivity contribution in [1.29, 1.82) is 0 Å². The van der Waals surface area contributed by atoms with Crippen LogP contribution < -0.4 is 5.73 Å². The molecule has 21 heavy (non-hydrogen) atoms. The summed E-state index contributed by atoms with van der Waals surface area (Å²) in [7, 11) is 1.74. The average molecular weight is 313 g/mol. The quantitative estimate of drug-likeness (QED) is 0.760. The number of ether oxygens (including phenoxy) is 1. The minimum absolute atomic E-state index is 0.0816. The van der Waals surface area contributed by atoms with E-state index in [1.807, 2.05) is 12.1 Å². The molecule has 3 nitrogen and oxygen atoms in total. The van der Waals surface area contributed by atoms with Crippen LogP contribution in [0.1, 0.15) is 32.8 Å². The summed E-state index contributed by atoms with van der Waals surface area (Å²) in [5.41, 5.74) is 7.32. The van der Waals surface area contributed by atoms with Gasteiger partial charge in [-0.3, -0.25) is 4.90 Å². The van der Waals surface area contributed by atoms with Crippen molar-refractivity contribution in [3.63, 3.8) is 0 Å². The van der Waals surface area contributed by atoms with E-state index in [1.165, 1.54) is 5.56 Å². The van der Waals surface area contributed by atoms with E-state index >= 15 is 0 Å². The van der Waals surface area contributed by atoms with E-state index in [0.29, 0.717) is 12.6 Å². The van der Waals surface area contributed by atoms with E-state index in [2.05, 4.69) is 37.8 Å². The first-order valence-corrected chi connectivity index (χ1v) is 8.04. The summed E-state index contributed by atoms with van der Waals surface area (Å²) in [5.74, 6) is 0. The highest BCUT2D eigenvalue weighted by Gasteiger charge is 2.33. The van der Waals surface area contributed by atoms with Gasteiger partial charge in [0.15, 0.2) is 0 Å². The zero-order valence-corrected chi connectivity index (χ0v) is 14.5. The molecule has 1 aromatic carbocycles. The van der Waals surface area contributed by atoms with E-state index in [1.54, 1.807) is 7.11 Å². The normalized spacial score (nSPS) is 16.0. The fraction of sp³-hybridized carbons (Fsp3) is 0.647. The lowest BCUT2D eigenvalue weighted by atomic mass is 9.89. The predicted octanol–water partition coefficient (Wildman–Crippen LogP) is 3.35. The number of nitrogens with zero attached hydrogens (tertiary/aromatic N) is 1. The Morgan fingerprint density at radius 3 is 2.43 bits per heavy atom. The summed E-state index contributed by atoms with van der Waals surface area (Å²) in [6.07, 6.45) is 2.01. The second-order valence-electron chi connectivity index (χ2n) is 5.95. The van der Waals surface area contributed by atoms with Crippen LogP contribution in [0.25, 0.3) is 0 Å². The summed E-state index contributed by atoms with van der Waals surface area (Å²) in [6.45, 7) is 8.94. The molecule has 120 valence electrons. The maximum atomic E-state index is 6.14. The van der Waals surface area contributed by atoms with Crippen molar-refractivity contribution in [1.82, 2.24) is 4.90 Å². The molecule has 0 fully saturated rings. The highest BCUT2D eigenvalue weighted by atomic mass is 35.5. The van der Waals surface area contributed by atoms with Gasteiger partial charge in [-0.25, -0.2) is 0 Å². The molecule has 0 aliphatic carbocycles. The number of rotatable bonds is 9. The van der Waals surface area contributed by atoms with Crippen LogP contribution in [-0.2, 0) is 11.2 Å². The zero-order chi connectivity index (χ0) is 15.9. The van der Waals surface area contributed by atoms with Gasteiger partial charge in [-0.05, 0) is 44.4 Å². The van der Waals surface area contributed by atoms with Crippen LogP contribution in [0.15, 0.2) is 24.3 Å². The van der Waals surface area contributed by atoms with Gasteiger partial charge in [0, 0.05) is 36.8 Å². The Hall–Kier alpha value is -0.610. The number of methoxy groups -OCH3 is 1. The van der Waals surface area contributed by atoms with Gasteiger partial charge in [0.2, 0.25) is 0 Å². The van der Waals surface area contributed by atoms with Gasteiger partial charge in [-0.15, -0.1) is 0 Å². The lowest BCUT2D eigenvalue weighted by Crippen LogP contribution is -2.57. The number of halogens is 1. The van der Waals surface area contributed by atoms with Crippen molar-refractivity contribution in [2.24, 2.45) is 5.73 Å². The second-order valence-corrected chi connectivity index (χ2v) is 6.38. The summed E-state index contributed by atoms with van der Waals surface area (Å²) in [6, 6.07) is 8.52. The predicted molar refractivity (Wildman–Crippen MR) is 91.0 cm³/mol. The SMILES string of the molecule is CCC(C)N(CCOC)C(C)(CN)Cc1ccc(Cl)cc1. The summed E-state index contributed by atoms with van der Waals surface area (Å²) in [5, 5.41) is 0.770. The largest absolute Gasteiger partial charge is 0.383 e. The van der Waals surface area contributed by atoms with Gasteiger partial charge in [-0.1, -0.05) is 30.7 Å². The van der Waals surface area contributed by atoms with Gasteiger partial charge in [0.25, 0.3) is 0 Å². The van der Waals surface area contributed by atoms with Crippen molar-refractivity contribution in [2.45, 2.75) is 45.2 Å². The van der Waals surface area contributed by atoms with Gasteiger partial charge >= 0.3 is 0 Å². The van der Waals surface area contributed by atoms with Gasteiger partial charge < -0.3 is 10.5 Å². The molecule has 1 rings (SSSR count). The summed E-state index contributed by atoms with van der Waals surface area (Å²) >= 11 is 5.97. The van der Waals surface area contributed by atoms with Crippen molar-refractivity contribution < 1.29 is 4.74 Å². The zero-order valence-electron chi connectivity index (χ0n) is 13.7. The molecule has 0 aliphatic heterocycles. The molecule has 0 saturated heterocycles.